The van der Waals surface area contributed by atoms with E-state index in [1.54, 1.807) is 29.7 Å². The van der Waals surface area contributed by atoms with Crippen molar-refractivity contribution in [1.29, 1.82) is 0 Å². The van der Waals surface area contributed by atoms with Gasteiger partial charge in [-0.3, -0.25) is 9.36 Å². The lowest BCUT2D eigenvalue weighted by Crippen LogP contribution is -2.39. The number of ether oxygens (including phenoxy) is 1. The molecular weight excluding hydrogens is 480 g/mol. The van der Waals surface area contributed by atoms with Gasteiger partial charge in [0.1, 0.15) is 17.6 Å². The van der Waals surface area contributed by atoms with Crippen LogP contribution in [0.3, 0.4) is 0 Å². The maximum Gasteiger partial charge on any atom is 0.338 e. The van der Waals surface area contributed by atoms with Crippen LogP contribution in [0.25, 0.3) is 17.4 Å². The Hall–Kier alpha value is -3.20. The normalized spacial score (nSPS) is 16.0. The molecule has 0 bridgehead atoms. The van der Waals surface area contributed by atoms with Crippen LogP contribution < -0.4 is 14.9 Å². The van der Waals surface area contributed by atoms with Crippen LogP contribution >= 0.6 is 34.3 Å². The predicted octanol–water partition coefficient (Wildman–Crippen LogP) is 4.38. The Morgan fingerprint density at radius 3 is 2.76 bits per heavy atom. The largest absolute Gasteiger partial charge is 0.466 e. The van der Waals surface area contributed by atoms with Crippen LogP contribution in [0.5, 0.6) is 0 Å². The van der Waals surface area contributed by atoms with Crippen LogP contribution in [0, 0.1) is 0 Å². The summed E-state index contributed by atoms with van der Waals surface area (Å²) < 4.78 is 13.0. The number of rotatable bonds is 4. The van der Waals surface area contributed by atoms with Crippen molar-refractivity contribution in [2.45, 2.75) is 13.0 Å². The molecule has 0 saturated heterocycles. The van der Waals surface area contributed by atoms with Gasteiger partial charge in [0.2, 0.25) is 0 Å². The summed E-state index contributed by atoms with van der Waals surface area (Å²) in [6.07, 6.45) is 1.69. The first-order chi connectivity index (χ1) is 16.0. The molecule has 4 heterocycles. The van der Waals surface area contributed by atoms with Crippen molar-refractivity contribution in [3.05, 3.63) is 101 Å². The zero-order valence-electron chi connectivity index (χ0n) is 17.6. The molecule has 0 spiro atoms. The first kappa shape index (κ1) is 21.6. The first-order valence-corrected chi connectivity index (χ1v) is 12.0. The van der Waals surface area contributed by atoms with Gasteiger partial charge < -0.3 is 9.15 Å². The van der Waals surface area contributed by atoms with Crippen LogP contribution in [0.2, 0.25) is 5.02 Å². The Morgan fingerprint density at radius 2 is 2.03 bits per heavy atom. The monoisotopic (exact) mass is 496 g/mol. The lowest BCUT2D eigenvalue weighted by atomic mass is 10.0. The van der Waals surface area contributed by atoms with Gasteiger partial charge >= 0.3 is 5.97 Å². The molecule has 6 nitrogen and oxygen atoms in total. The Balaban J connectivity index is 1.64. The number of benzene rings is 1. The van der Waals surface area contributed by atoms with Crippen LogP contribution in [0.1, 0.15) is 23.6 Å². The van der Waals surface area contributed by atoms with E-state index in [0.29, 0.717) is 37.1 Å². The van der Waals surface area contributed by atoms with Crippen molar-refractivity contribution < 1.29 is 13.9 Å². The number of fused-ring (bicyclic) bond motifs is 1. The van der Waals surface area contributed by atoms with E-state index in [-0.39, 0.29) is 5.56 Å². The van der Waals surface area contributed by atoms with Crippen molar-refractivity contribution in [2.24, 2.45) is 4.99 Å². The number of allylic oxidation sites excluding steroid dienone is 1. The smallest absolute Gasteiger partial charge is 0.338 e. The number of nitrogens with zero attached hydrogens (tertiary/aromatic N) is 2. The number of furan rings is 1. The van der Waals surface area contributed by atoms with Crippen molar-refractivity contribution in [1.82, 2.24) is 4.57 Å². The number of carbonyl (C=O) groups excluding carboxylic acids is 1. The summed E-state index contributed by atoms with van der Waals surface area (Å²) in [5.41, 5.74) is 1.42. The molecule has 5 rings (SSSR count). The van der Waals surface area contributed by atoms with Crippen molar-refractivity contribution in [2.75, 3.05) is 7.11 Å². The molecule has 1 aliphatic rings. The van der Waals surface area contributed by atoms with E-state index >= 15 is 0 Å². The highest BCUT2D eigenvalue weighted by Gasteiger charge is 2.33. The average molecular weight is 497 g/mol. The molecule has 33 heavy (non-hydrogen) atoms. The molecule has 0 amide bonds. The van der Waals surface area contributed by atoms with E-state index in [1.165, 1.54) is 29.8 Å². The highest BCUT2D eigenvalue weighted by atomic mass is 35.5. The minimum absolute atomic E-state index is 0.248. The minimum atomic E-state index is -0.592. The van der Waals surface area contributed by atoms with E-state index in [2.05, 4.69) is 4.99 Å². The number of thiophene rings is 1. The van der Waals surface area contributed by atoms with Gasteiger partial charge in [0.25, 0.3) is 5.56 Å². The molecule has 0 N–H and O–H groups in total. The van der Waals surface area contributed by atoms with Crippen molar-refractivity contribution in [3.8, 4) is 11.3 Å². The molecule has 1 aromatic carbocycles. The number of methoxy groups -OCH3 is 1. The summed E-state index contributed by atoms with van der Waals surface area (Å²) in [5, 5.41) is 2.49. The zero-order chi connectivity index (χ0) is 23.1. The summed E-state index contributed by atoms with van der Waals surface area (Å²) in [4.78, 5) is 32.0. The molecule has 9 heteroatoms. The molecule has 1 aliphatic heterocycles. The van der Waals surface area contributed by atoms with Crippen LogP contribution in [0.15, 0.2) is 79.4 Å². The van der Waals surface area contributed by atoms with Gasteiger partial charge in [0.05, 0.1) is 27.9 Å². The molecule has 4 aromatic rings. The minimum Gasteiger partial charge on any atom is -0.466 e. The summed E-state index contributed by atoms with van der Waals surface area (Å²) in [5.74, 6) is 0.631. The number of thiazole rings is 1. The third kappa shape index (κ3) is 3.80. The average Bonchev–Trinajstić information content (AvgIpc) is 3.55. The second-order valence-electron chi connectivity index (χ2n) is 7.27. The zero-order valence-corrected chi connectivity index (χ0v) is 20.0. The molecular formula is C24H17ClN2O4S2. The quantitative estimate of drug-likeness (QED) is 0.393. The van der Waals surface area contributed by atoms with Gasteiger partial charge in [-0.05, 0) is 42.6 Å². The van der Waals surface area contributed by atoms with Crippen LogP contribution in [-0.2, 0) is 9.53 Å². The lowest BCUT2D eigenvalue weighted by Gasteiger charge is -2.22. The molecule has 1 atom stereocenters. The molecule has 0 radical (unpaired) electrons. The fourth-order valence-corrected chi connectivity index (χ4v) is 5.85. The number of hydrogen-bond acceptors (Lipinski definition) is 7. The van der Waals surface area contributed by atoms with E-state index in [4.69, 9.17) is 20.8 Å². The van der Waals surface area contributed by atoms with Gasteiger partial charge in [-0.15, -0.1) is 11.3 Å². The molecule has 166 valence electrons. The highest BCUT2D eigenvalue weighted by molar-refractivity contribution is 7.10. The Labute approximate surface area is 201 Å². The topological polar surface area (TPSA) is 73.8 Å². The summed E-state index contributed by atoms with van der Waals surface area (Å²) in [7, 11) is 1.33. The first-order valence-electron chi connectivity index (χ1n) is 9.97. The number of hydrogen-bond donors (Lipinski definition) is 0. The van der Waals surface area contributed by atoms with Crippen molar-refractivity contribution in [3.63, 3.8) is 0 Å². The van der Waals surface area contributed by atoms with Gasteiger partial charge in [-0.25, -0.2) is 9.79 Å². The van der Waals surface area contributed by atoms with Crippen LogP contribution in [0.4, 0.5) is 0 Å². The van der Waals surface area contributed by atoms with E-state index < -0.39 is 12.0 Å². The van der Waals surface area contributed by atoms with E-state index in [1.807, 2.05) is 41.8 Å². The van der Waals surface area contributed by atoms with Gasteiger partial charge in [0.15, 0.2) is 4.80 Å². The summed E-state index contributed by atoms with van der Waals surface area (Å²) in [6.45, 7) is 1.76. The maximum absolute atomic E-state index is 13.5. The maximum atomic E-state index is 13.5. The van der Waals surface area contributed by atoms with E-state index in [0.717, 1.165) is 10.4 Å². The standard InChI is InChI=1S/C24H17ClN2O4S2/c1-13-20(23(29)30-2)21(18-8-5-11-32-18)27-22(28)19(33-24(27)26-13)12-14-9-10-17(31-14)15-6-3-4-7-16(15)25/h3-12,21H,1-2H3. The SMILES string of the molecule is COC(=O)C1=C(C)N=c2sc(=Cc3ccc(-c4ccccc4Cl)o3)c(=O)n2C1c1cccs1. The van der Waals surface area contributed by atoms with E-state index in [9.17, 15) is 9.59 Å². The fourth-order valence-electron chi connectivity index (χ4n) is 3.77. The molecule has 1 unspecified atom stereocenters. The Kier molecular flexibility index (Phi) is 5.65. The Bertz CT molecular complexity index is 1570. The van der Waals surface area contributed by atoms with Gasteiger partial charge in [-0.1, -0.05) is 41.1 Å². The highest BCUT2D eigenvalue weighted by Crippen LogP contribution is 2.33. The molecule has 3 aromatic heterocycles. The fraction of sp³-hybridized carbons (Fsp3) is 0.125. The molecule has 0 aliphatic carbocycles. The van der Waals surface area contributed by atoms with Crippen molar-refractivity contribution >= 4 is 46.3 Å². The molecule has 0 fully saturated rings. The number of esters is 1. The third-order valence-electron chi connectivity index (χ3n) is 5.28. The Morgan fingerprint density at radius 1 is 1.21 bits per heavy atom. The van der Waals surface area contributed by atoms with Crippen LogP contribution in [-0.4, -0.2) is 17.6 Å². The third-order valence-corrected chi connectivity index (χ3v) is 7.52. The predicted molar refractivity (Wildman–Crippen MR) is 129 cm³/mol. The number of carbonyl (C=O) groups is 1. The summed E-state index contributed by atoms with van der Waals surface area (Å²) >= 11 is 9.00. The lowest BCUT2D eigenvalue weighted by molar-refractivity contribution is -0.136. The number of aromatic nitrogens is 1. The summed E-state index contributed by atoms with van der Waals surface area (Å²) in [6, 6.07) is 14.2. The number of halogens is 1. The van der Waals surface area contributed by atoms with Gasteiger partial charge in [-0.2, -0.15) is 0 Å². The molecule has 0 saturated carbocycles. The van der Waals surface area contributed by atoms with Gasteiger partial charge in [0, 0.05) is 16.5 Å². The second-order valence-corrected chi connectivity index (χ2v) is 9.67. The second kappa shape index (κ2) is 8.62.